The minimum absolute atomic E-state index is 0.0772. The predicted octanol–water partition coefficient (Wildman–Crippen LogP) is 2.55. The Morgan fingerprint density at radius 1 is 1.42 bits per heavy atom. The molecule has 0 aliphatic carbocycles. The monoisotopic (exact) mass is 352 g/mol. The van der Waals surface area contributed by atoms with Crippen LogP contribution in [0.15, 0.2) is 28.9 Å². The molecule has 0 aromatic carbocycles. The standard InChI is InChI=1S/C19H20N4O3/c1-19(2,3)16-9-13(26-22-16)8-15(24)14-5-7-18(25)23(14)17-6-4-12(10-20)11-21-17/h4,6,9,11,14H,5,7-8H2,1-3H3/t14-/m0/s1. The lowest BCUT2D eigenvalue weighted by Crippen LogP contribution is -2.40. The zero-order chi connectivity index (χ0) is 18.9. The lowest BCUT2D eigenvalue weighted by Gasteiger charge is -2.22. The molecule has 3 heterocycles. The molecule has 2 aromatic heterocycles. The number of nitriles is 1. The van der Waals surface area contributed by atoms with E-state index in [1.165, 1.54) is 11.1 Å². The molecule has 3 rings (SSSR count). The first-order valence-corrected chi connectivity index (χ1v) is 8.46. The number of anilines is 1. The van der Waals surface area contributed by atoms with Crippen LogP contribution in [0.25, 0.3) is 0 Å². The average molecular weight is 352 g/mol. The van der Waals surface area contributed by atoms with Gasteiger partial charge in [0.15, 0.2) is 5.78 Å². The summed E-state index contributed by atoms with van der Waals surface area (Å²) in [6.45, 7) is 6.05. The molecule has 1 saturated heterocycles. The SMILES string of the molecule is CC(C)(C)c1cc(CC(=O)[C@@H]2CCC(=O)N2c2ccc(C#N)cn2)on1. The molecule has 2 aromatic rings. The molecular weight excluding hydrogens is 332 g/mol. The second kappa shape index (κ2) is 6.71. The van der Waals surface area contributed by atoms with Crippen LogP contribution in [0, 0.1) is 11.3 Å². The molecule has 0 spiro atoms. The van der Waals surface area contributed by atoms with Gasteiger partial charge in [-0.25, -0.2) is 4.98 Å². The quantitative estimate of drug-likeness (QED) is 0.838. The number of carbonyl (C=O) groups is 2. The number of pyridine rings is 1. The third-order valence-corrected chi connectivity index (χ3v) is 4.38. The highest BCUT2D eigenvalue weighted by atomic mass is 16.5. The normalized spacial score (nSPS) is 17.4. The average Bonchev–Trinajstić information content (AvgIpc) is 3.21. The molecule has 7 heteroatoms. The largest absolute Gasteiger partial charge is 0.361 e. The highest BCUT2D eigenvalue weighted by Crippen LogP contribution is 2.27. The first-order chi connectivity index (χ1) is 12.3. The molecule has 7 nitrogen and oxygen atoms in total. The molecule has 1 amide bonds. The van der Waals surface area contributed by atoms with Gasteiger partial charge < -0.3 is 4.52 Å². The Bertz CT molecular complexity index is 871. The molecule has 1 aliphatic heterocycles. The highest BCUT2D eigenvalue weighted by Gasteiger charge is 2.38. The number of amides is 1. The Kier molecular flexibility index (Phi) is 4.60. The van der Waals surface area contributed by atoms with E-state index in [2.05, 4.69) is 10.1 Å². The van der Waals surface area contributed by atoms with E-state index in [1.54, 1.807) is 18.2 Å². The number of Topliss-reactive ketones (excluding diaryl/α,β-unsaturated/α-hetero) is 1. The summed E-state index contributed by atoms with van der Waals surface area (Å²) in [4.78, 5) is 30.6. The lowest BCUT2D eigenvalue weighted by molar-refractivity contribution is -0.122. The maximum atomic E-state index is 12.8. The third-order valence-electron chi connectivity index (χ3n) is 4.38. The van der Waals surface area contributed by atoms with Crippen LogP contribution < -0.4 is 4.90 Å². The summed E-state index contributed by atoms with van der Waals surface area (Å²) in [5.74, 6) is 0.622. The van der Waals surface area contributed by atoms with E-state index in [-0.39, 0.29) is 23.5 Å². The van der Waals surface area contributed by atoms with Crippen LogP contribution in [-0.2, 0) is 21.4 Å². The summed E-state index contributed by atoms with van der Waals surface area (Å²) in [6.07, 6.45) is 2.21. The molecule has 0 radical (unpaired) electrons. The molecule has 0 N–H and O–H groups in total. The lowest BCUT2D eigenvalue weighted by atomic mass is 9.92. The first-order valence-electron chi connectivity index (χ1n) is 8.46. The maximum Gasteiger partial charge on any atom is 0.228 e. The van der Waals surface area contributed by atoms with Crippen molar-refractivity contribution in [1.82, 2.24) is 10.1 Å². The second-order valence-electron chi connectivity index (χ2n) is 7.41. The first kappa shape index (κ1) is 17.8. The van der Waals surface area contributed by atoms with Gasteiger partial charge in [-0.2, -0.15) is 5.26 Å². The summed E-state index contributed by atoms with van der Waals surface area (Å²) in [5, 5.41) is 12.9. The van der Waals surface area contributed by atoms with Gasteiger partial charge in [0.2, 0.25) is 5.91 Å². The molecule has 26 heavy (non-hydrogen) atoms. The van der Waals surface area contributed by atoms with Crippen LogP contribution in [0.1, 0.15) is 50.6 Å². The fourth-order valence-electron chi connectivity index (χ4n) is 2.91. The van der Waals surface area contributed by atoms with E-state index < -0.39 is 6.04 Å². The minimum atomic E-state index is -0.578. The van der Waals surface area contributed by atoms with Crippen LogP contribution in [0.4, 0.5) is 5.82 Å². The Morgan fingerprint density at radius 2 is 2.19 bits per heavy atom. The molecule has 0 saturated carbocycles. The van der Waals surface area contributed by atoms with E-state index in [1.807, 2.05) is 26.8 Å². The topological polar surface area (TPSA) is 100 Å². The fraction of sp³-hybridized carbons (Fsp3) is 0.421. The van der Waals surface area contributed by atoms with E-state index in [4.69, 9.17) is 9.78 Å². The molecule has 1 fully saturated rings. The molecular formula is C19H20N4O3. The van der Waals surface area contributed by atoms with E-state index in [0.717, 1.165) is 5.69 Å². The van der Waals surface area contributed by atoms with Gasteiger partial charge in [0, 0.05) is 24.1 Å². The van der Waals surface area contributed by atoms with Gasteiger partial charge in [-0.05, 0) is 18.6 Å². The summed E-state index contributed by atoms with van der Waals surface area (Å²) < 4.78 is 5.29. The van der Waals surface area contributed by atoms with Crippen molar-refractivity contribution in [1.29, 1.82) is 5.26 Å². The van der Waals surface area contributed by atoms with Crippen LogP contribution >= 0.6 is 0 Å². The van der Waals surface area contributed by atoms with Crippen LogP contribution in [0.3, 0.4) is 0 Å². The van der Waals surface area contributed by atoms with Crippen molar-refractivity contribution in [3.63, 3.8) is 0 Å². The fourth-order valence-corrected chi connectivity index (χ4v) is 2.91. The van der Waals surface area contributed by atoms with Crippen molar-refractivity contribution < 1.29 is 14.1 Å². The number of hydrogen-bond acceptors (Lipinski definition) is 6. The third kappa shape index (κ3) is 3.49. The van der Waals surface area contributed by atoms with Crippen LogP contribution in [-0.4, -0.2) is 27.9 Å². The maximum absolute atomic E-state index is 12.8. The Morgan fingerprint density at radius 3 is 2.77 bits per heavy atom. The van der Waals surface area contributed by atoms with E-state index in [0.29, 0.717) is 30.0 Å². The smallest absolute Gasteiger partial charge is 0.228 e. The number of carbonyl (C=O) groups excluding carboxylic acids is 2. The molecule has 1 aliphatic rings. The Labute approximate surface area is 151 Å². The number of nitrogens with zero attached hydrogens (tertiary/aromatic N) is 4. The minimum Gasteiger partial charge on any atom is -0.361 e. The zero-order valence-electron chi connectivity index (χ0n) is 15.0. The summed E-state index contributed by atoms with van der Waals surface area (Å²) in [6, 6.07) is 6.37. The van der Waals surface area contributed by atoms with Gasteiger partial charge in [0.25, 0.3) is 0 Å². The molecule has 1 atom stereocenters. The summed E-state index contributed by atoms with van der Waals surface area (Å²) >= 11 is 0. The number of ketones is 1. The van der Waals surface area contributed by atoms with E-state index >= 15 is 0 Å². The second-order valence-corrected chi connectivity index (χ2v) is 7.41. The Hall–Kier alpha value is -3.01. The van der Waals surface area contributed by atoms with Crippen molar-refractivity contribution in [2.45, 2.75) is 51.5 Å². The van der Waals surface area contributed by atoms with Gasteiger partial charge in [-0.15, -0.1) is 0 Å². The van der Waals surface area contributed by atoms with Crippen molar-refractivity contribution in [2.24, 2.45) is 0 Å². The summed E-state index contributed by atoms with van der Waals surface area (Å²) in [7, 11) is 0. The number of hydrogen-bond donors (Lipinski definition) is 0. The van der Waals surface area contributed by atoms with E-state index in [9.17, 15) is 9.59 Å². The van der Waals surface area contributed by atoms with Crippen molar-refractivity contribution in [2.75, 3.05) is 4.90 Å². The molecule has 134 valence electrons. The zero-order valence-corrected chi connectivity index (χ0v) is 15.0. The van der Waals surface area contributed by atoms with Gasteiger partial charge in [0.05, 0.1) is 23.7 Å². The van der Waals surface area contributed by atoms with Crippen LogP contribution in [0.2, 0.25) is 0 Å². The Balaban J connectivity index is 1.78. The van der Waals surface area contributed by atoms with Crippen molar-refractivity contribution in [3.8, 4) is 6.07 Å². The predicted molar refractivity (Wildman–Crippen MR) is 93.4 cm³/mol. The molecule has 0 unspecified atom stereocenters. The summed E-state index contributed by atoms with van der Waals surface area (Å²) in [5.41, 5.74) is 1.03. The van der Waals surface area contributed by atoms with Gasteiger partial charge >= 0.3 is 0 Å². The van der Waals surface area contributed by atoms with Gasteiger partial charge in [0.1, 0.15) is 17.6 Å². The van der Waals surface area contributed by atoms with Gasteiger partial charge in [-0.3, -0.25) is 14.5 Å². The molecule has 0 bridgehead atoms. The highest BCUT2D eigenvalue weighted by molar-refractivity contribution is 6.04. The van der Waals surface area contributed by atoms with Gasteiger partial charge in [-0.1, -0.05) is 25.9 Å². The van der Waals surface area contributed by atoms with Crippen molar-refractivity contribution >= 4 is 17.5 Å². The number of aromatic nitrogens is 2. The van der Waals surface area contributed by atoms with Crippen molar-refractivity contribution in [3.05, 3.63) is 41.4 Å². The van der Waals surface area contributed by atoms with Crippen LogP contribution in [0.5, 0.6) is 0 Å². The number of rotatable bonds is 4.